The first kappa shape index (κ1) is 22.5. The van der Waals surface area contributed by atoms with Crippen molar-refractivity contribution in [1.82, 2.24) is 4.90 Å². The van der Waals surface area contributed by atoms with Crippen LogP contribution in [-0.2, 0) is 11.3 Å². The summed E-state index contributed by atoms with van der Waals surface area (Å²) in [7, 11) is 0. The van der Waals surface area contributed by atoms with Crippen molar-refractivity contribution in [3.05, 3.63) is 91.4 Å². The molecule has 0 aliphatic carbocycles. The van der Waals surface area contributed by atoms with Crippen molar-refractivity contribution in [2.75, 3.05) is 0 Å². The van der Waals surface area contributed by atoms with E-state index in [1.807, 2.05) is 24.3 Å². The van der Waals surface area contributed by atoms with E-state index in [1.165, 1.54) is 17.0 Å². The molecule has 9 heteroatoms. The summed E-state index contributed by atoms with van der Waals surface area (Å²) in [5, 5.41) is 18.7. The summed E-state index contributed by atoms with van der Waals surface area (Å²) in [5.74, 6) is -0.431. The van der Waals surface area contributed by atoms with Crippen LogP contribution in [-0.4, -0.2) is 21.2 Å². The summed E-state index contributed by atoms with van der Waals surface area (Å²) in [6, 6.07) is 19.2. The second kappa shape index (κ2) is 9.85. The van der Waals surface area contributed by atoms with Gasteiger partial charge in [-0.2, -0.15) is 10.2 Å². The SMILES string of the molecule is O=C1S/C(=C\c2cc(N=Nc3cccc(Cl)c3)ccc2O)C(=O)N1Cc1ccc(I)cc1. The molecule has 4 rings (SSSR count). The lowest BCUT2D eigenvalue weighted by atomic mass is 10.1. The van der Waals surface area contributed by atoms with Gasteiger partial charge in [0.2, 0.25) is 0 Å². The number of rotatable bonds is 5. The van der Waals surface area contributed by atoms with Crippen molar-refractivity contribution in [2.24, 2.45) is 10.2 Å². The van der Waals surface area contributed by atoms with Crippen LogP contribution >= 0.6 is 46.0 Å². The molecule has 3 aromatic rings. The van der Waals surface area contributed by atoms with Crippen LogP contribution in [0.1, 0.15) is 11.1 Å². The Kier molecular flexibility index (Phi) is 6.92. The van der Waals surface area contributed by atoms with Gasteiger partial charge < -0.3 is 5.11 Å². The molecule has 0 aromatic heterocycles. The van der Waals surface area contributed by atoms with Gasteiger partial charge in [-0.15, -0.1) is 0 Å². The first-order chi connectivity index (χ1) is 15.4. The maximum Gasteiger partial charge on any atom is 0.293 e. The Hall–Kier alpha value is -2.69. The number of imide groups is 1. The third-order valence-electron chi connectivity index (χ3n) is 4.51. The molecule has 1 fully saturated rings. The first-order valence-electron chi connectivity index (χ1n) is 9.39. The van der Waals surface area contributed by atoms with Gasteiger partial charge in [0.25, 0.3) is 11.1 Å². The van der Waals surface area contributed by atoms with E-state index in [0.29, 0.717) is 22.0 Å². The normalized spacial score (nSPS) is 15.3. The molecule has 0 unspecified atom stereocenters. The Morgan fingerprint density at radius 2 is 1.72 bits per heavy atom. The molecule has 1 saturated heterocycles. The molecule has 1 heterocycles. The van der Waals surface area contributed by atoms with Crippen molar-refractivity contribution in [1.29, 1.82) is 0 Å². The summed E-state index contributed by atoms with van der Waals surface area (Å²) >= 11 is 8.99. The van der Waals surface area contributed by atoms with Gasteiger partial charge in [0.1, 0.15) is 5.75 Å². The van der Waals surface area contributed by atoms with Crippen LogP contribution in [0.3, 0.4) is 0 Å². The van der Waals surface area contributed by atoms with E-state index < -0.39 is 5.91 Å². The number of azo groups is 1. The highest BCUT2D eigenvalue weighted by atomic mass is 127. The van der Waals surface area contributed by atoms with Gasteiger partial charge in [-0.05, 0) is 94.5 Å². The maximum atomic E-state index is 12.8. The Bertz CT molecular complexity index is 1260. The largest absolute Gasteiger partial charge is 0.507 e. The van der Waals surface area contributed by atoms with Crippen LogP contribution in [0.25, 0.3) is 6.08 Å². The Morgan fingerprint density at radius 1 is 1.00 bits per heavy atom. The summed E-state index contributed by atoms with van der Waals surface area (Å²) in [6.45, 7) is 0.193. The number of nitrogens with zero attached hydrogens (tertiary/aromatic N) is 3. The second-order valence-corrected chi connectivity index (χ2v) is 9.49. The van der Waals surface area contributed by atoms with E-state index in [-0.39, 0.29) is 22.4 Å². The van der Waals surface area contributed by atoms with Crippen molar-refractivity contribution in [2.45, 2.75) is 6.54 Å². The maximum absolute atomic E-state index is 12.8. The molecule has 1 aliphatic rings. The topological polar surface area (TPSA) is 82.3 Å². The number of phenols is 1. The van der Waals surface area contributed by atoms with Crippen molar-refractivity contribution in [3.8, 4) is 5.75 Å². The Morgan fingerprint density at radius 3 is 2.44 bits per heavy atom. The second-order valence-electron chi connectivity index (χ2n) is 6.82. The number of halogens is 2. The van der Waals surface area contributed by atoms with Crippen LogP contribution < -0.4 is 0 Å². The molecular formula is C23H15ClIN3O3S. The van der Waals surface area contributed by atoms with E-state index in [4.69, 9.17) is 11.6 Å². The van der Waals surface area contributed by atoms with E-state index in [1.54, 1.807) is 36.4 Å². The molecule has 6 nitrogen and oxygen atoms in total. The number of thioether (sulfide) groups is 1. The van der Waals surface area contributed by atoms with Crippen LogP contribution in [0.4, 0.5) is 16.2 Å². The monoisotopic (exact) mass is 575 g/mol. The predicted octanol–water partition coefficient (Wildman–Crippen LogP) is 7.30. The van der Waals surface area contributed by atoms with Crippen molar-refractivity contribution in [3.63, 3.8) is 0 Å². The zero-order valence-electron chi connectivity index (χ0n) is 16.4. The van der Waals surface area contributed by atoms with E-state index >= 15 is 0 Å². The number of carbonyl (C=O) groups is 2. The molecule has 0 atom stereocenters. The predicted molar refractivity (Wildman–Crippen MR) is 134 cm³/mol. The van der Waals surface area contributed by atoms with Crippen LogP contribution in [0.2, 0.25) is 5.02 Å². The molecule has 0 spiro atoms. The standard InChI is InChI=1S/C23H15ClIN3O3S/c24-16-2-1-3-18(12-16)26-27-19-8-9-20(29)15(10-19)11-21-22(30)28(23(31)32-21)13-14-4-6-17(25)7-5-14/h1-12,29H,13H2/b21-11-,27-26?. The molecule has 1 aliphatic heterocycles. The lowest BCUT2D eigenvalue weighted by Gasteiger charge is -2.12. The fourth-order valence-electron chi connectivity index (χ4n) is 2.92. The number of phenolic OH excluding ortho intramolecular Hbond substituents is 1. The molecule has 2 amide bonds. The first-order valence-corrected chi connectivity index (χ1v) is 11.7. The van der Waals surface area contributed by atoms with Crippen LogP contribution in [0.15, 0.2) is 81.9 Å². The zero-order valence-corrected chi connectivity index (χ0v) is 20.1. The average molecular weight is 576 g/mol. The number of amides is 2. The summed E-state index contributed by atoms with van der Waals surface area (Å²) in [4.78, 5) is 26.7. The highest BCUT2D eigenvalue weighted by Gasteiger charge is 2.35. The zero-order chi connectivity index (χ0) is 22.7. The third-order valence-corrected chi connectivity index (χ3v) is 6.38. The van der Waals surface area contributed by atoms with Crippen molar-refractivity contribution < 1.29 is 14.7 Å². The fraction of sp³-hybridized carbons (Fsp3) is 0.0435. The highest BCUT2D eigenvalue weighted by Crippen LogP contribution is 2.36. The van der Waals surface area contributed by atoms with Gasteiger partial charge in [-0.3, -0.25) is 14.5 Å². The van der Waals surface area contributed by atoms with Gasteiger partial charge in [-0.25, -0.2) is 0 Å². The van der Waals surface area contributed by atoms with E-state index in [9.17, 15) is 14.7 Å². The quantitative estimate of drug-likeness (QED) is 0.197. The van der Waals surface area contributed by atoms with Crippen LogP contribution in [0.5, 0.6) is 5.75 Å². The Balaban J connectivity index is 1.55. The van der Waals surface area contributed by atoms with Crippen molar-refractivity contribution >= 4 is 74.6 Å². The van der Waals surface area contributed by atoms with Gasteiger partial charge in [0.05, 0.1) is 22.8 Å². The molecule has 0 saturated carbocycles. The smallest absolute Gasteiger partial charge is 0.293 e. The molecule has 32 heavy (non-hydrogen) atoms. The van der Waals surface area contributed by atoms with Gasteiger partial charge in [0.15, 0.2) is 0 Å². The number of benzene rings is 3. The molecule has 3 aromatic carbocycles. The molecule has 0 bridgehead atoms. The number of carbonyl (C=O) groups excluding carboxylic acids is 2. The minimum absolute atomic E-state index is 0.0314. The summed E-state index contributed by atoms with van der Waals surface area (Å²) < 4.78 is 1.07. The third kappa shape index (κ3) is 5.37. The van der Waals surface area contributed by atoms with E-state index in [0.717, 1.165) is 20.9 Å². The molecule has 160 valence electrons. The fourth-order valence-corrected chi connectivity index (χ4v) is 4.30. The number of aromatic hydroxyl groups is 1. The molecule has 0 radical (unpaired) electrons. The lowest BCUT2D eigenvalue weighted by molar-refractivity contribution is -0.123. The van der Waals surface area contributed by atoms with Gasteiger partial charge >= 0.3 is 0 Å². The minimum Gasteiger partial charge on any atom is -0.507 e. The summed E-state index contributed by atoms with van der Waals surface area (Å²) in [5.41, 5.74) is 2.29. The Labute approximate surface area is 207 Å². The summed E-state index contributed by atoms with van der Waals surface area (Å²) in [6.07, 6.45) is 1.49. The number of hydrogen-bond donors (Lipinski definition) is 1. The number of hydrogen-bond acceptors (Lipinski definition) is 6. The molecular weight excluding hydrogens is 561 g/mol. The van der Waals surface area contributed by atoms with Crippen LogP contribution in [0, 0.1) is 3.57 Å². The highest BCUT2D eigenvalue weighted by molar-refractivity contribution is 14.1. The average Bonchev–Trinajstić information content (AvgIpc) is 3.03. The minimum atomic E-state index is -0.399. The lowest BCUT2D eigenvalue weighted by Crippen LogP contribution is -2.27. The molecule has 1 N–H and O–H groups in total. The van der Waals surface area contributed by atoms with Gasteiger partial charge in [0, 0.05) is 14.2 Å². The van der Waals surface area contributed by atoms with Gasteiger partial charge in [-0.1, -0.05) is 29.8 Å². The van der Waals surface area contributed by atoms with E-state index in [2.05, 4.69) is 32.8 Å².